The van der Waals surface area contributed by atoms with Crippen LogP contribution in [0, 0.1) is 0 Å². The Bertz CT molecular complexity index is 627. The fourth-order valence-corrected chi connectivity index (χ4v) is 3.00. The van der Waals surface area contributed by atoms with Crippen LogP contribution in [0.15, 0.2) is 22.8 Å². The zero-order chi connectivity index (χ0) is 13.9. The van der Waals surface area contributed by atoms with Crippen LogP contribution in [-0.2, 0) is 12.8 Å². The predicted octanol–water partition coefficient (Wildman–Crippen LogP) is 3.61. The molecule has 0 atom stereocenters. The molecule has 0 fully saturated rings. The molecule has 1 aliphatic carbocycles. The lowest BCUT2D eigenvalue weighted by molar-refractivity contribution is 0.664. The molecule has 1 N–H and O–H groups in total. The van der Waals surface area contributed by atoms with Gasteiger partial charge in [-0.15, -0.1) is 0 Å². The first-order valence-corrected chi connectivity index (χ1v) is 7.83. The number of nitrogens with zero attached hydrogens (tertiary/aromatic N) is 3. The van der Waals surface area contributed by atoms with E-state index in [0.29, 0.717) is 5.82 Å². The highest BCUT2D eigenvalue weighted by Gasteiger charge is 2.19. The summed E-state index contributed by atoms with van der Waals surface area (Å²) in [5.74, 6) is 1.68. The van der Waals surface area contributed by atoms with Crippen LogP contribution in [-0.4, -0.2) is 21.5 Å². The van der Waals surface area contributed by atoms with Crippen molar-refractivity contribution in [1.29, 1.82) is 0 Å². The number of hydrogen-bond acceptors (Lipinski definition) is 4. The third kappa shape index (κ3) is 2.54. The smallest absolute Gasteiger partial charge is 0.181 e. The third-order valence-electron chi connectivity index (χ3n) is 3.50. The van der Waals surface area contributed by atoms with E-state index in [-0.39, 0.29) is 0 Å². The molecule has 104 valence electrons. The van der Waals surface area contributed by atoms with E-state index in [1.54, 1.807) is 6.20 Å². The molecule has 5 heteroatoms. The van der Waals surface area contributed by atoms with Crippen LogP contribution in [0.4, 0.5) is 5.82 Å². The van der Waals surface area contributed by atoms with Gasteiger partial charge in [-0.1, -0.05) is 0 Å². The molecule has 3 rings (SSSR count). The summed E-state index contributed by atoms with van der Waals surface area (Å²) in [6, 6.07) is 3.87. The zero-order valence-electron chi connectivity index (χ0n) is 11.5. The predicted molar refractivity (Wildman–Crippen MR) is 83.8 cm³/mol. The Hall–Kier alpha value is -1.49. The van der Waals surface area contributed by atoms with Gasteiger partial charge in [0, 0.05) is 28.5 Å². The Morgan fingerprint density at radius 2 is 2.10 bits per heavy atom. The fourth-order valence-electron chi connectivity index (χ4n) is 2.56. The Morgan fingerprint density at radius 1 is 1.25 bits per heavy atom. The molecule has 0 aromatic carbocycles. The summed E-state index contributed by atoms with van der Waals surface area (Å²) in [5, 5.41) is 3.37. The molecule has 20 heavy (non-hydrogen) atoms. The van der Waals surface area contributed by atoms with E-state index >= 15 is 0 Å². The lowest BCUT2D eigenvalue weighted by atomic mass is 9.96. The molecule has 2 aromatic heterocycles. The summed E-state index contributed by atoms with van der Waals surface area (Å²) < 4.78 is 0.929. The van der Waals surface area contributed by atoms with Gasteiger partial charge in [0.05, 0.1) is 0 Å². The van der Waals surface area contributed by atoms with E-state index in [9.17, 15) is 0 Å². The molecule has 2 aromatic rings. The van der Waals surface area contributed by atoms with Crippen molar-refractivity contribution in [3.8, 4) is 11.5 Å². The highest BCUT2D eigenvalue weighted by molar-refractivity contribution is 9.10. The average molecular weight is 333 g/mol. The van der Waals surface area contributed by atoms with Crippen molar-refractivity contribution in [2.75, 3.05) is 11.9 Å². The van der Waals surface area contributed by atoms with Crippen molar-refractivity contribution in [2.45, 2.75) is 32.6 Å². The maximum Gasteiger partial charge on any atom is 0.181 e. The number of halogens is 1. The van der Waals surface area contributed by atoms with Gasteiger partial charge in [-0.2, -0.15) is 0 Å². The molecule has 0 spiro atoms. The Morgan fingerprint density at radius 3 is 2.90 bits per heavy atom. The number of rotatable bonds is 3. The second-order valence-electron chi connectivity index (χ2n) is 4.89. The quantitative estimate of drug-likeness (QED) is 0.932. The van der Waals surface area contributed by atoms with Crippen LogP contribution in [0.3, 0.4) is 0 Å². The summed E-state index contributed by atoms with van der Waals surface area (Å²) in [6.45, 7) is 2.96. The minimum atomic E-state index is 0.703. The first kappa shape index (κ1) is 13.5. The third-order valence-corrected chi connectivity index (χ3v) is 4.14. The fraction of sp³-hybridized carbons (Fsp3) is 0.400. The van der Waals surface area contributed by atoms with E-state index in [1.807, 2.05) is 12.1 Å². The van der Waals surface area contributed by atoms with Crippen LogP contribution in [0.1, 0.15) is 31.0 Å². The van der Waals surface area contributed by atoms with Crippen LogP contribution in [0.2, 0.25) is 0 Å². The number of fused-ring (bicyclic) bond motifs is 1. The molecule has 0 saturated carbocycles. The summed E-state index contributed by atoms with van der Waals surface area (Å²) in [7, 11) is 0. The van der Waals surface area contributed by atoms with Crippen molar-refractivity contribution < 1.29 is 0 Å². The van der Waals surface area contributed by atoms with E-state index in [4.69, 9.17) is 9.97 Å². The average Bonchev–Trinajstić information content (AvgIpc) is 2.48. The molecular formula is C15H17BrN4. The van der Waals surface area contributed by atoms with Gasteiger partial charge >= 0.3 is 0 Å². The molecule has 4 nitrogen and oxygen atoms in total. The lowest BCUT2D eigenvalue weighted by Gasteiger charge is -2.19. The number of hydrogen-bond donors (Lipinski definition) is 1. The maximum absolute atomic E-state index is 4.74. The van der Waals surface area contributed by atoms with Gasteiger partial charge in [-0.3, -0.25) is 4.98 Å². The zero-order valence-corrected chi connectivity index (χ0v) is 13.1. The highest BCUT2D eigenvalue weighted by Crippen LogP contribution is 2.30. The second-order valence-corrected chi connectivity index (χ2v) is 5.75. The topological polar surface area (TPSA) is 50.7 Å². The maximum atomic E-state index is 4.74. The number of aryl methyl sites for hydroxylation is 1. The second kappa shape index (κ2) is 5.87. The van der Waals surface area contributed by atoms with Gasteiger partial charge in [0.1, 0.15) is 11.5 Å². The van der Waals surface area contributed by atoms with Gasteiger partial charge < -0.3 is 5.32 Å². The van der Waals surface area contributed by atoms with Crippen LogP contribution in [0.25, 0.3) is 11.5 Å². The monoisotopic (exact) mass is 332 g/mol. The van der Waals surface area contributed by atoms with Gasteiger partial charge in [0.2, 0.25) is 0 Å². The highest BCUT2D eigenvalue weighted by atomic mass is 79.9. The minimum absolute atomic E-state index is 0.703. The number of pyridine rings is 1. The largest absolute Gasteiger partial charge is 0.370 e. The standard InChI is InChI=1S/C15H17BrN4/c1-2-17-14-10-6-3-4-8-12(10)19-15(20-14)13-11(16)7-5-9-18-13/h5,7,9H,2-4,6,8H2,1H3,(H,17,19,20). The molecule has 0 radical (unpaired) electrons. The van der Waals surface area contributed by atoms with E-state index in [0.717, 1.165) is 35.4 Å². The van der Waals surface area contributed by atoms with Gasteiger partial charge in [-0.25, -0.2) is 9.97 Å². The number of nitrogens with one attached hydrogen (secondary N) is 1. The van der Waals surface area contributed by atoms with Crippen LogP contribution in [0.5, 0.6) is 0 Å². The first-order valence-electron chi connectivity index (χ1n) is 7.04. The lowest BCUT2D eigenvalue weighted by Crippen LogP contribution is -2.13. The van der Waals surface area contributed by atoms with Gasteiger partial charge in [0.25, 0.3) is 0 Å². The van der Waals surface area contributed by atoms with Crippen molar-refractivity contribution in [3.63, 3.8) is 0 Å². The Balaban J connectivity index is 2.13. The summed E-state index contributed by atoms with van der Waals surface area (Å²) in [5.41, 5.74) is 3.27. The van der Waals surface area contributed by atoms with Crippen LogP contribution < -0.4 is 5.32 Å². The normalized spacial score (nSPS) is 13.9. The summed E-state index contributed by atoms with van der Waals surface area (Å²) in [4.78, 5) is 13.8. The molecule has 0 amide bonds. The van der Waals surface area contributed by atoms with Gasteiger partial charge in [-0.05, 0) is 60.7 Å². The molecule has 0 saturated heterocycles. The molecule has 0 unspecified atom stereocenters. The van der Waals surface area contributed by atoms with Crippen molar-refractivity contribution in [3.05, 3.63) is 34.1 Å². The van der Waals surface area contributed by atoms with Crippen molar-refractivity contribution in [1.82, 2.24) is 15.0 Å². The van der Waals surface area contributed by atoms with E-state index in [1.165, 1.54) is 24.1 Å². The van der Waals surface area contributed by atoms with Gasteiger partial charge in [0.15, 0.2) is 5.82 Å². The summed E-state index contributed by atoms with van der Waals surface area (Å²) >= 11 is 3.53. The first-order chi connectivity index (χ1) is 9.79. The Kier molecular flexibility index (Phi) is 3.96. The molecular weight excluding hydrogens is 316 g/mol. The SMILES string of the molecule is CCNc1nc(-c2ncccc2Br)nc2c1CCCC2. The molecule has 0 aliphatic heterocycles. The van der Waals surface area contributed by atoms with Crippen LogP contribution >= 0.6 is 15.9 Å². The Labute approximate surface area is 127 Å². The minimum Gasteiger partial charge on any atom is -0.370 e. The molecule has 2 heterocycles. The van der Waals surface area contributed by atoms with E-state index < -0.39 is 0 Å². The number of anilines is 1. The van der Waals surface area contributed by atoms with E-state index in [2.05, 4.69) is 33.2 Å². The van der Waals surface area contributed by atoms with Crippen molar-refractivity contribution in [2.24, 2.45) is 0 Å². The molecule has 0 bridgehead atoms. The van der Waals surface area contributed by atoms with Crippen molar-refractivity contribution >= 4 is 21.7 Å². The molecule has 1 aliphatic rings. The summed E-state index contributed by atoms with van der Waals surface area (Å²) in [6.07, 6.45) is 6.31. The number of aromatic nitrogens is 3.